The second kappa shape index (κ2) is 5.01. The van der Waals surface area contributed by atoms with Crippen molar-refractivity contribution in [2.45, 2.75) is 13.8 Å². The number of aromatic amines is 1. The average molecular weight is 283 g/mol. The quantitative estimate of drug-likeness (QED) is 0.792. The maximum atomic E-state index is 4.52. The predicted molar refractivity (Wildman–Crippen MR) is 80.5 cm³/mol. The van der Waals surface area contributed by atoms with E-state index in [1.54, 1.807) is 4.68 Å². The van der Waals surface area contributed by atoms with Crippen LogP contribution in [0.2, 0.25) is 0 Å². The molecule has 0 amide bonds. The van der Waals surface area contributed by atoms with Gasteiger partial charge in [0.15, 0.2) is 0 Å². The molecular formula is C14H17N7. The van der Waals surface area contributed by atoms with Crippen molar-refractivity contribution in [3.63, 3.8) is 0 Å². The van der Waals surface area contributed by atoms with Gasteiger partial charge in [0, 0.05) is 25.3 Å². The van der Waals surface area contributed by atoms with Crippen molar-refractivity contribution in [1.29, 1.82) is 0 Å². The van der Waals surface area contributed by atoms with Crippen molar-refractivity contribution in [2.24, 2.45) is 0 Å². The summed E-state index contributed by atoms with van der Waals surface area (Å²) in [5.41, 5.74) is 5.31. The maximum absolute atomic E-state index is 4.52. The number of hydrogen-bond acceptors (Lipinski definition) is 5. The van der Waals surface area contributed by atoms with Crippen LogP contribution in [0.1, 0.15) is 11.4 Å². The first kappa shape index (κ1) is 13.3. The summed E-state index contributed by atoms with van der Waals surface area (Å²) in [6.07, 6.45) is 0. The van der Waals surface area contributed by atoms with Gasteiger partial charge in [0.25, 0.3) is 5.95 Å². The van der Waals surface area contributed by atoms with E-state index in [9.17, 15) is 0 Å². The highest BCUT2D eigenvalue weighted by atomic mass is 15.5. The molecule has 0 aliphatic rings. The summed E-state index contributed by atoms with van der Waals surface area (Å²) in [6.45, 7) is 4.00. The van der Waals surface area contributed by atoms with E-state index in [1.165, 1.54) is 0 Å². The van der Waals surface area contributed by atoms with E-state index in [0.717, 1.165) is 28.2 Å². The Morgan fingerprint density at radius 3 is 2.67 bits per heavy atom. The molecule has 2 aromatic heterocycles. The Morgan fingerprint density at radius 1 is 1.19 bits per heavy atom. The van der Waals surface area contributed by atoms with Gasteiger partial charge in [-0.3, -0.25) is 0 Å². The van der Waals surface area contributed by atoms with Gasteiger partial charge in [-0.25, -0.2) is 0 Å². The van der Waals surface area contributed by atoms with Crippen molar-refractivity contribution < 1.29 is 0 Å². The van der Waals surface area contributed by atoms with E-state index in [1.807, 2.05) is 27.9 Å². The summed E-state index contributed by atoms with van der Waals surface area (Å²) in [5.74, 6) is 0.450. The Bertz CT molecular complexity index is 756. The molecule has 7 nitrogen and oxygen atoms in total. The summed E-state index contributed by atoms with van der Waals surface area (Å²) >= 11 is 0. The van der Waals surface area contributed by atoms with Crippen LogP contribution in [0.3, 0.4) is 0 Å². The van der Waals surface area contributed by atoms with Crippen LogP contribution in [-0.4, -0.2) is 44.5 Å². The fraction of sp³-hybridized carbons (Fsp3) is 0.286. The number of hydrogen-bond donors (Lipinski definition) is 1. The molecule has 1 N–H and O–H groups in total. The van der Waals surface area contributed by atoms with Crippen LogP contribution < -0.4 is 4.90 Å². The lowest BCUT2D eigenvalue weighted by molar-refractivity contribution is 0.777. The standard InChI is InChI=1S/C14H17N7/c1-9-13(11-6-5-7-12(8-11)20(3)4)10(2)21(17-9)14-15-18-19-16-14/h5-8H,1-4H3,(H,15,16,18,19). The second-order valence-corrected chi connectivity index (χ2v) is 5.11. The number of rotatable bonds is 3. The van der Waals surface area contributed by atoms with E-state index in [2.05, 4.69) is 54.9 Å². The van der Waals surface area contributed by atoms with E-state index < -0.39 is 0 Å². The van der Waals surface area contributed by atoms with Crippen LogP contribution in [0, 0.1) is 13.8 Å². The number of H-pyrrole nitrogens is 1. The van der Waals surface area contributed by atoms with Gasteiger partial charge in [-0.15, -0.1) is 5.10 Å². The first-order valence-corrected chi connectivity index (χ1v) is 6.65. The largest absolute Gasteiger partial charge is 0.378 e. The SMILES string of the molecule is Cc1nn(-c2nn[nH]n2)c(C)c1-c1cccc(N(C)C)c1. The zero-order valence-electron chi connectivity index (χ0n) is 12.5. The van der Waals surface area contributed by atoms with Gasteiger partial charge >= 0.3 is 0 Å². The van der Waals surface area contributed by atoms with Crippen molar-refractivity contribution in [2.75, 3.05) is 19.0 Å². The van der Waals surface area contributed by atoms with E-state index in [4.69, 9.17) is 0 Å². The molecule has 0 saturated carbocycles. The number of aryl methyl sites for hydroxylation is 1. The number of aromatic nitrogens is 6. The van der Waals surface area contributed by atoms with Gasteiger partial charge in [0.1, 0.15) is 0 Å². The van der Waals surface area contributed by atoms with Gasteiger partial charge < -0.3 is 4.90 Å². The Hall–Kier alpha value is -2.70. The monoisotopic (exact) mass is 283 g/mol. The highest BCUT2D eigenvalue weighted by Gasteiger charge is 2.17. The van der Waals surface area contributed by atoms with Crippen LogP contribution in [0.15, 0.2) is 24.3 Å². The summed E-state index contributed by atoms with van der Waals surface area (Å²) in [7, 11) is 4.06. The molecule has 0 aliphatic heterocycles. The molecule has 0 atom stereocenters. The molecule has 0 fully saturated rings. The van der Waals surface area contributed by atoms with E-state index >= 15 is 0 Å². The molecule has 0 unspecified atom stereocenters. The van der Waals surface area contributed by atoms with Crippen LogP contribution in [0.5, 0.6) is 0 Å². The van der Waals surface area contributed by atoms with Crippen molar-refractivity contribution in [1.82, 2.24) is 30.4 Å². The van der Waals surface area contributed by atoms with Crippen LogP contribution in [0.25, 0.3) is 17.1 Å². The third-order valence-corrected chi connectivity index (χ3v) is 3.47. The van der Waals surface area contributed by atoms with Gasteiger partial charge in [-0.1, -0.05) is 17.2 Å². The summed E-state index contributed by atoms with van der Waals surface area (Å²) in [4.78, 5) is 2.08. The lowest BCUT2D eigenvalue weighted by atomic mass is 10.0. The number of nitrogens with one attached hydrogen (secondary N) is 1. The molecule has 0 radical (unpaired) electrons. The average Bonchev–Trinajstić information content (AvgIpc) is 3.07. The normalized spacial score (nSPS) is 10.9. The first-order valence-electron chi connectivity index (χ1n) is 6.65. The summed E-state index contributed by atoms with van der Waals surface area (Å²) < 4.78 is 1.70. The number of tetrazole rings is 1. The third kappa shape index (κ3) is 2.26. The molecule has 0 bridgehead atoms. The van der Waals surface area contributed by atoms with Gasteiger partial charge in [0.05, 0.1) is 11.4 Å². The van der Waals surface area contributed by atoms with Gasteiger partial charge in [0.2, 0.25) is 0 Å². The zero-order chi connectivity index (χ0) is 15.0. The Morgan fingerprint density at radius 2 is 2.00 bits per heavy atom. The molecular weight excluding hydrogens is 266 g/mol. The van der Waals surface area contributed by atoms with Crippen molar-refractivity contribution in [3.05, 3.63) is 35.7 Å². The maximum Gasteiger partial charge on any atom is 0.290 e. The van der Waals surface area contributed by atoms with Crippen LogP contribution in [0.4, 0.5) is 5.69 Å². The highest BCUT2D eigenvalue weighted by Crippen LogP contribution is 2.30. The van der Waals surface area contributed by atoms with Gasteiger partial charge in [-0.2, -0.15) is 15.0 Å². The molecule has 7 heteroatoms. The second-order valence-electron chi connectivity index (χ2n) is 5.11. The van der Waals surface area contributed by atoms with Crippen molar-refractivity contribution in [3.8, 4) is 17.1 Å². The molecule has 0 saturated heterocycles. The smallest absolute Gasteiger partial charge is 0.290 e. The molecule has 21 heavy (non-hydrogen) atoms. The third-order valence-electron chi connectivity index (χ3n) is 3.47. The minimum Gasteiger partial charge on any atom is -0.378 e. The minimum absolute atomic E-state index is 0.450. The Labute approximate surface area is 122 Å². The lowest BCUT2D eigenvalue weighted by Crippen LogP contribution is -2.08. The molecule has 0 spiro atoms. The number of anilines is 1. The van der Waals surface area contributed by atoms with Crippen molar-refractivity contribution >= 4 is 5.69 Å². The Kier molecular flexibility index (Phi) is 3.17. The topological polar surface area (TPSA) is 75.5 Å². The predicted octanol–water partition coefficient (Wildman–Crippen LogP) is 1.74. The fourth-order valence-corrected chi connectivity index (χ4v) is 2.44. The molecule has 3 rings (SSSR count). The number of benzene rings is 1. The summed E-state index contributed by atoms with van der Waals surface area (Å²) in [5, 5.41) is 18.5. The molecule has 108 valence electrons. The first-order chi connectivity index (χ1) is 10.1. The highest BCUT2D eigenvalue weighted by molar-refractivity contribution is 5.72. The zero-order valence-corrected chi connectivity index (χ0v) is 12.5. The molecule has 3 aromatic rings. The van der Waals surface area contributed by atoms with Gasteiger partial charge in [-0.05, 0) is 36.8 Å². The number of nitrogens with zero attached hydrogens (tertiary/aromatic N) is 6. The Balaban J connectivity index is 2.13. The lowest BCUT2D eigenvalue weighted by Gasteiger charge is -2.13. The summed E-state index contributed by atoms with van der Waals surface area (Å²) in [6, 6.07) is 8.37. The van der Waals surface area contributed by atoms with Crippen LogP contribution in [-0.2, 0) is 0 Å². The minimum atomic E-state index is 0.450. The van der Waals surface area contributed by atoms with E-state index in [-0.39, 0.29) is 0 Å². The molecule has 1 aromatic carbocycles. The van der Waals surface area contributed by atoms with E-state index in [0.29, 0.717) is 5.95 Å². The molecule has 2 heterocycles. The fourth-order valence-electron chi connectivity index (χ4n) is 2.44. The molecule has 0 aliphatic carbocycles. The van der Waals surface area contributed by atoms with Crippen LogP contribution >= 0.6 is 0 Å².